The normalized spacial score (nSPS) is 10.2. The third-order valence-electron chi connectivity index (χ3n) is 3.50. The van der Waals surface area contributed by atoms with Gasteiger partial charge in [-0.2, -0.15) is 0 Å². The van der Waals surface area contributed by atoms with Gasteiger partial charge < -0.3 is 10.6 Å². The van der Waals surface area contributed by atoms with Gasteiger partial charge in [0.05, 0.1) is 11.9 Å². The van der Waals surface area contributed by atoms with Gasteiger partial charge in [0.2, 0.25) is 0 Å². The van der Waals surface area contributed by atoms with Crippen LogP contribution in [0.15, 0.2) is 67.1 Å². The minimum atomic E-state index is -0.165. The molecule has 0 unspecified atom stereocenters. The zero-order valence-corrected chi connectivity index (χ0v) is 13.4. The van der Waals surface area contributed by atoms with E-state index in [1.54, 1.807) is 24.5 Å². The van der Waals surface area contributed by atoms with Crippen molar-refractivity contribution < 1.29 is 4.79 Å². The largest absolute Gasteiger partial charge is 0.380 e. The quantitative estimate of drug-likeness (QED) is 0.753. The van der Waals surface area contributed by atoms with Gasteiger partial charge in [0.15, 0.2) is 0 Å². The van der Waals surface area contributed by atoms with Gasteiger partial charge >= 0.3 is 0 Å². The van der Waals surface area contributed by atoms with Crippen molar-refractivity contribution in [1.82, 2.24) is 9.97 Å². The second-order valence-corrected chi connectivity index (χ2v) is 5.47. The Kier molecular flexibility index (Phi) is 4.81. The van der Waals surface area contributed by atoms with Gasteiger partial charge in [-0.15, -0.1) is 0 Å². The van der Waals surface area contributed by atoms with Gasteiger partial charge in [0.1, 0.15) is 5.82 Å². The molecule has 1 aromatic carbocycles. The Morgan fingerprint density at radius 1 is 1.08 bits per heavy atom. The lowest BCUT2D eigenvalue weighted by atomic mass is 10.1. The fraction of sp³-hybridized carbons (Fsp3) is 0.105. The Hall–Kier alpha value is -3.21. The molecule has 2 N–H and O–H groups in total. The molecule has 3 aromatic rings. The van der Waals surface area contributed by atoms with Crippen molar-refractivity contribution in [3.8, 4) is 0 Å². The molecular formula is C19H18N4O. The number of amides is 1. The van der Waals surface area contributed by atoms with Crippen molar-refractivity contribution in [2.24, 2.45) is 0 Å². The summed E-state index contributed by atoms with van der Waals surface area (Å²) in [4.78, 5) is 20.5. The summed E-state index contributed by atoms with van der Waals surface area (Å²) >= 11 is 0. The Balaban J connectivity index is 1.59. The molecule has 24 heavy (non-hydrogen) atoms. The van der Waals surface area contributed by atoms with E-state index in [1.807, 2.05) is 49.5 Å². The summed E-state index contributed by atoms with van der Waals surface area (Å²) < 4.78 is 0. The van der Waals surface area contributed by atoms with E-state index in [4.69, 9.17) is 0 Å². The van der Waals surface area contributed by atoms with E-state index in [-0.39, 0.29) is 5.91 Å². The van der Waals surface area contributed by atoms with Crippen LogP contribution in [0.1, 0.15) is 21.5 Å². The number of nitrogens with zero attached hydrogens (tertiary/aromatic N) is 2. The van der Waals surface area contributed by atoms with Gasteiger partial charge in [-0.1, -0.05) is 23.8 Å². The molecule has 3 rings (SSSR count). The standard InChI is InChI=1S/C19H18N4O/c1-14-4-2-6-16(10-14)19(24)23-18-8-7-17(13-22-18)21-12-15-5-3-9-20-11-15/h2-11,13,21H,12H2,1H3,(H,22,23,24). The lowest BCUT2D eigenvalue weighted by molar-refractivity contribution is 0.102. The van der Waals surface area contributed by atoms with Gasteiger partial charge in [-0.25, -0.2) is 4.98 Å². The summed E-state index contributed by atoms with van der Waals surface area (Å²) in [5.41, 5.74) is 3.64. The maximum atomic E-state index is 12.2. The number of aryl methyl sites for hydroxylation is 1. The van der Waals surface area contributed by atoms with Crippen molar-refractivity contribution >= 4 is 17.4 Å². The van der Waals surface area contributed by atoms with Crippen molar-refractivity contribution in [2.45, 2.75) is 13.5 Å². The van der Waals surface area contributed by atoms with E-state index >= 15 is 0 Å². The first-order valence-corrected chi connectivity index (χ1v) is 7.67. The molecule has 0 fully saturated rings. The molecule has 0 spiro atoms. The van der Waals surface area contributed by atoms with Crippen LogP contribution in [0.2, 0.25) is 0 Å². The molecular weight excluding hydrogens is 300 g/mol. The van der Waals surface area contributed by atoms with Crippen LogP contribution < -0.4 is 10.6 Å². The summed E-state index contributed by atoms with van der Waals surface area (Å²) in [6.07, 6.45) is 5.26. The summed E-state index contributed by atoms with van der Waals surface area (Å²) in [6, 6.07) is 15.0. The molecule has 1 amide bonds. The molecule has 0 radical (unpaired) electrons. The molecule has 0 aliphatic rings. The van der Waals surface area contributed by atoms with Crippen LogP contribution in [0.3, 0.4) is 0 Å². The van der Waals surface area contributed by atoms with Crippen molar-refractivity contribution in [2.75, 3.05) is 10.6 Å². The zero-order valence-electron chi connectivity index (χ0n) is 13.4. The molecule has 5 heteroatoms. The van der Waals surface area contributed by atoms with Crippen LogP contribution in [-0.2, 0) is 6.54 Å². The molecule has 0 saturated carbocycles. The Morgan fingerprint density at radius 3 is 2.71 bits per heavy atom. The van der Waals surface area contributed by atoms with E-state index in [0.29, 0.717) is 17.9 Å². The van der Waals surface area contributed by atoms with Crippen LogP contribution in [0.4, 0.5) is 11.5 Å². The van der Waals surface area contributed by atoms with Gasteiger partial charge in [-0.05, 0) is 42.8 Å². The number of hydrogen-bond acceptors (Lipinski definition) is 4. The van der Waals surface area contributed by atoms with Crippen LogP contribution >= 0.6 is 0 Å². The van der Waals surface area contributed by atoms with E-state index in [1.165, 1.54) is 0 Å². The molecule has 5 nitrogen and oxygen atoms in total. The lowest BCUT2D eigenvalue weighted by Gasteiger charge is -2.08. The molecule has 0 bridgehead atoms. The Bertz CT molecular complexity index is 816. The monoisotopic (exact) mass is 318 g/mol. The second kappa shape index (κ2) is 7.37. The number of anilines is 2. The summed E-state index contributed by atoms with van der Waals surface area (Å²) in [5.74, 6) is 0.357. The zero-order chi connectivity index (χ0) is 16.8. The molecule has 0 saturated heterocycles. The van der Waals surface area contributed by atoms with Crippen LogP contribution in [0.5, 0.6) is 0 Å². The van der Waals surface area contributed by atoms with Crippen LogP contribution in [0, 0.1) is 6.92 Å². The number of nitrogens with one attached hydrogen (secondary N) is 2. The maximum absolute atomic E-state index is 12.2. The molecule has 0 aliphatic carbocycles. The van der Waals surface area contributed by atoms with Crippen molar-refractivity contribution in [3.63, 3.8) is 0 Å². The molecule has 120 valence electrons. The third kappa shape index (κ3) is 4.16. The minimum absolute atomic E-state index is 0.165. The molecule has 2 aromatic heterocycles. The molecule has 2 heterocycles. The first-order chi connectivity index (χ1) is 11.7. The molecule has 0 aliphatic heterocycles. The predicted octanol–water partition coefficient (Wildman–Crippen LogP) is 3.65. The smallest absolute Gasteiger partial charge is 0.256 e. The highest BCUT2D eigenvalue weighted by atomic mass is 16.1. The lowest BCUT2D eigenvalue weighted by Crippen LogP contribution is -2.13. The highest BCUT2D eigenvalue weighted by Gasteiger charge is 2.06. The minimum Gasteiger partial charge on any atom is -0.380 e. The third-order valence-corrected chi connectivity index (χ3v) is 3.50. The highest BCUT2D eigenvalue weighted by Crippen LogP contribution is 2.13. The average Bonchev–Trinajstić information content (AvgIpc) is 2.62. The summed E-state index contributed by atoms with van der Waals surface area (Å²) in [5, 5.41) is 6.06. The summed E-state index contributed by atoms with van der Waals surface area (Å²) in [7, 11) is 0. The number of rotatable bonds is 5. The van der Waals surface area contributed by atoms with Crippen molar-refractivity contribution in [1.29, 1.82) is 0 Å². The number of pyridine rings is 2. The number of aromatic nitrogens is 2. The van der Waals surface area contributed by atoms with E-state index < -0.39 is 0 Å². The Morgan fingerprint density at radius 2 is 2.00 bits per heavy atom. The van der Waals surface area contributed by atoms with E-state index in [2.05, 4.69) is 20.6 Å². The summed E-state index contributed by atoms with van der Waals surface area (Å²) in [6.45, 7) is 2.63. The number of carbonyl (C=O) groups is 1. The number of hydrogen-bond donors (Lipinski definition) is 2. The van der Waals surface area contributed by atoms with E-state index in [9.17, 15) is 4.79 Å². The van der Waals surface area contributed by atoms with Gasteiger partial charge in [0, 0.05) is 24.5 Å². The van der Waals surface area contributed by atoms with E-state index in [0.717, 1.165) is 16.8 Å². The topological polar surface area (TPSA) is 66.9 Å². The average molecular weight is 318 g/mol. The fourth-order valence-electron chi connectivity index (χ4n) is 2.25. The SMILES string of the molecule is Cc1cccc(C(=O)Nc2ccc(NCc3cccnc3)cn2)c1. The first-order valence-electron chi connectivity index (χ1n) is 7.67. The van der Waals surface area contributed by atoms with Gasteiger partial charge in [-0.3, -0.25) is 9.78 Å². The van der Waals surface area contributed by atoms with Crippen LogP contribution in [-0.4, -0.2) is 15.9 Å². The van der Waals surface area contributed by atoms with Crippen LogP contribution in [0.25, 0.3) is 0 Å². The van der Waals surface area contributed by atoms with Gasteiger partial charge in [0.25, 0.3) is 5.91 Å². The molecule has 0 atom stereocenters. The highest BCUT2D eigenvalue weighted by molar-refractivity contribution is 6.03. The first kappa shape index (κ1) is 15.7. The number of benzene rings is 1. The fourth-order valence-corrected chi connectivity index (χ4v) is 2.25. The Labute approximate surface area is 140 Å². The van der Waals surface area contributed by atoms with Crippen molar-refractivity contribution in [3.05, 3.63) is 83.8 Å². The number of carbonyl (C=O) groups excluding carboxylic acids is 1. The maximum Gasteiger partial charge on any atom is 0.256 e. The second-order valence-electron chi connectivity index (χ2n) is 5.47. The predicted molar refractivity (Wildman–Crippen MR) is 94.9 cm³/mol.